The number of rotatable bonds is 6. The normalized spacial score (nSPS) is 10.3. The van der Waals surface area contributed by atoms with Gasteiger partial charge >= 0.3 is 0 Å². The molecule has 4 heteroatoms. The van der Waals surface area contributed by atoms with Crippen molar-refractivity contribution in [2.45, 2.75) is 0 Å². The molecule has 0 aliphatic rings. The Kier molecular flexibility index (Phi) is 4.49. The van der Waals surface area contributed by atoms with E-state index in [2.05, 4.69) is 4.98 Å². The molecule has 0 amide bonds. The van der Waals surface area contributed by atoms with Crippen molar-refractivity contribution in [3.05, 3.63) is 65.5 Å². The summed E-state index contributed by atoms with van der Waals surface area (Å²) in [6.07, 6.45) is 0. The molecule has 0 fully saturated rings. The van der Waals surface area contributed by atoms with Crippen LogP contribution in [0.2, 0.25) is 0 Å². The van der Waals surface area contributed by atoms with Crippen LogP contribution < -0.4 is 9.47 Å². The fourth-order valence-corrected chi connectivity index (χ4v) is 2.47. The molecule has 0 unspecified atom stereocenters. The molecular formula is C17H15NO2S. The van der Waals surface area contributed by atoms with Gasteiger partial charge in [-0.2, -0.15) is 0 Å². The van der Waals surface area contributed by atoms with Crippen LogP contribution in [0.15, 0.2) is 65.5 Å². The highest BCUT2D eigenvalue weighted by molar-refractivity contribution is 7.07. The van der Waals surface area contributed by atoms with E-state index in [0.29, 0.717) is 13.2 Å². The van der Waals surface area contributed by atoms with Crippen LogP contribution in [-0.2, 0) is 0 Å². The molecule has 3 nitrogen and oxygen atoms in total. The summed E-state index contributed by atoms with van der Waals surface area (Å²) in [5, 5.41) is 2.03. The maximum atomic E-state index is 5.66. The second-order valence-electron chi connectivity index (χ2n) is 4.41. The minimum atomic E-state index is 0.519. The van der Waals surface area contributed by atoms with E-state index in [0.717, 1.165) is 22.8 Å². The Bertz CT molecular complexity index is 651. The molecule has 0 aliphatic carbocycles. The highest BCUT2D eigenvalue weighted by atomic mass is 32.1. The first-order valence-electron chi connectivity index (χ1n) is 6.71. The third kappa shape index (κ3) is 3.83. The van der Waals surface area contributed by atoms with E-state index < -0.39 is 0 Å². The van der Waals surface area contributed by atoms with Gasteiger partial charge in [-0.15, -0.1) is 11.3 Å². The molecule has 0 spiro atoms. The standard InChI is InChI=1S/C17H15NO2S/c1-2-4-15(5-3-1)19-10-11-20-16-8-6-14(7-9-16)17-12-21-13-18-17/h1-9,12-13H,10-11H2. The minimum Gasteiger partial charge on any atom is -0.490 e. The molecule has 0 radical (unpaired) electrons. The van der Waals surface area contributed by atoms with Crippen LogP contribution >= 0.6 is 11.3 Å². The van der Waals surface area contributed by atoms with Crippen molar-refractivity contribution in [1.29, 1.82) is 0 Å². The smallest absolute Gasteiger partial charge is 0.122 e. The average Bonchev–Trinajstić information content (AvgIpc) is 3.08. The highest BCUT2D eigenvalue weighted by Gasteiger charge is 2.00. The fourth-order valence-electron chi connectivity index (χ4n) is 1.91. The molecule has 0 bridgehead atoms. The van der Waals surface area contributed by atoms with Gasteiger partial charge in [-0.3, -0.25) is 0 Å². The van der Waals surface area contributed by atoms with Gasteiger partial charge in [0.15, 0.2) is 0 Å². The number of nitrogens with zero attached hydrogens (tertiary/aromatic N) is 1. The minimum absolute atomic E-state index is 0.519. The number of aromatic nitrogens is 1. The average molecular weight is 297 g/mol. The van der Waals surface area contributed by atoms with Crippen LogP contribution in [0.3, 0.4) is 0 Å². The summed E-state index contributed by atoms with van der Waals surface area (Å²) >= 11 is 1.59. The third-order valence-electron chi connectivity index (χ3n) is 2.95. The second kappa shape index (κ2) is 6.90. The predicted molar refractivity (Wildman–Crippen MR) is 85.0 cm³/mol. The quantitative estimate of drug-likeness (QED) is 0.637. The molecule has 0 saturated heterocycles. The van der Waals surface area contributed by atoms with Crippen LogP contribution in [0, 0.1) is 0 Å². The summed E-state index contributed by atoms with van der Waals surface area (Å²) in [4.78, 5) is 4.28. The van der Waals surface area contributed by atoms with E-state index >= 15 is 0 Å². The van der Waals surface area contributed by atoms with Gasteiger partial charge in [0.1, 0.15) is 24.7 Å². The zero-order valence-electron chi connectivity index (χ0n) is 11.4. The summed E-state index contributed by atoms with van der Waals surface area (Å²) in [6, 6.07) is 17.7. The van der Waals surface area contributed by atoms with Gasteiger partial charge in [0.2, 0.25) is 0 Å². The van der Waals surface area contributed by atoms with Crippen LogP contribution in [0.1, 0.15) is 0 Å². The SMILES string of the molecule is c1ccc(OCCOc2ccc(-c3cscn3)cc2)cc1. The van der Waals surface area contributed by atoms with Crippen molar-refractivity contribution in [3.63, 3.8) is 0 Å². The molecule has 1 aromatic heterocycles. The lowest BCUT2D eigenvalue weighted by Crippen LogP contribution is -2.08. The molecule has 0 aliphatic heterocycles. The Hall–Kier alpha value is -2.33. The van der Waals surface area contributed by atoms with Crippen molar-refractivity contribution in [1.82, 2.24) is 4.98 Å². The first-order valence-corrected chi connectivity index (χ1v) is 7.65. The van der Waals surface area contributed by atoms with Crippen LogP contribution in [0.5, 0.6) is 11.5 Å². The molecule has 0 atom stereocenters. The van der Waals surface area contributed by atoms with Gasteiger partial charge in [-0.05, 0) is 36.4 Å². The summed E-state index contributed by atoms with van der Waals surface area (Å²) in [5.74, 6) is 1.70. The van der Waals surface area contributed by atoms with Gasteiger partial charge in [-0.1, -0.05) is 18.2 Å². The lowest BCUT2D eigenvalue weighted by atomic mass is 10.2. The monoisotopic (exact) mass is 297 g/mol. The number of hydrogen-bond donors (Lipinski definition) is 0. The van der Waals surface area contributed by atoms with Gasteiger partial charge in [0.05, 0.1) is 11.2 Å². The van der Waals surface area contributed by atoms with Crippen LogP contribution in [0.25, 0.3) is 11.3 Å². The van der Waals surface area contributed by atoms with Crippen molar-refractivity contribution in [2.24, 2.45) is 0 Å². The van der Waals surface area contributed by atoms with E-state index in [1.807, 2.05) is 65.5 Å². The number of benzene rings is 2. The Balaban J connectivity index is 1.47. The van der Waals surface area contributed by atoms with Gasteiger partial charge in [0.25, 0.3) is 0 Å². The van der Waals surface area contributed by atoms with E-state index in [1.165, 1.54) is 0 Å². The van der Waals surface area contributed by atoms with Crippen LogP contribution in [0.4, 0.5) is 0 Å². The molecule has 0 saturated carbocycles. The molecule has 3 rings (SSSR count). The zero-order chi connectivity index (χ0) is 14.3. The number of thiazole rings is 1. The summed E-state index contributed by atoms with van der Waals surface area (Å²) in [7, 11) is 0. The Morgan fingerprint density at radius 3 is 2.10 bits per heavy atom. The number of ether oxygens (including phenoxy) is 2. The van der Waals surface area contributed by atoms with E-state index in [-0.39, 0.29) is 0 Å². The fraction of sp³-hybridized carbons (Fsp3) is 0.118. The Morgan fingerprint density at radius 1 is 0.810 bits per heavy atom. The van der Waals surface area contributed by atoms with Crippen molar-refractivity contribution in [2.75, 3.05) is 13.2 Å². The molecule has 3 aromatic rings. The van der Waals surface area contributed by atoms with Gasteiger partial charge in [-0.25, -0.2) is 4.98 Å². The second-order valence-corrected chi connectivity index (χ2v) is 5.13. The van der Waals surface area contributed by atoms with Crippen LogP contribution in [-0.4, -0.2) is 18.2 Å². The van der Waals surface area contributed by atoms with E-state index in [1.54, 1.807) is 11.3 Å². The summed E-state index contributed by atoms with van der Waals surface area (Å²) in [5.41, 5.74) is 3.93. The van der Waals surface area contributed by atoms with Crippen molar-refractivity contribution < 1.29 is 9.47 Å². The molecule has 1 heterocycles. The largest absolute Gasteiger partial charge is 0.490 e. The van der Waals surface area contributed by atoms with Crippen molar-refractivity contribution in [3.8, 4) is 22.8 Å². The number of hydrogen-bond acceptors (Lipinski definition) is 4. The Labute approximate surface area is 127 Å². The van der Waals surface area contributed by atoms with E-state index in [9.17, 15) is 0 Å². The predicted octanol–water partition coefficient (Wildman–Crippen LogP) is 4.27. The van der Waals surface area contributed by atoms with E-state index in [4.69, 9.17) is 9.47 Å². The van der Waals surface area contributed by atoms with Gasteiger partial charge < -0.3 is 9.47 Å². The first kappa shape index (κ1) is 13.6. The topological polar surface area (TPSA) is 31.4 Å². The highest BCUT2D eigenvalue weighted by Crippen LogP contribution is 2.22. The van der Waals surface area contributed by atoms with Gasteiger partial charge in [0, 0.05) is 10.9 Å². The first-order chi connectivity index (χ1) is 10.4. The lowest BCUT2D eigenvalue weighted by molar-refractivity contribution is 0.217. The lowest BCUT2D eigenvalue weighted by Gasteiger charge is -2.08. The maximum Gasteiger partial charge on any atom is 0.122 e. The molecular weight excluding hydrogens is 282 g/mol. The molecule has 0 N–H and O–H groups in total. The summed E-state index contributed by atoms with van der Waals surface area (Å²) < 4.78 is 11.2. The third-order valence-corrected chi connectivity index (χ3v) is 3.53. The maximum absolute atomic E-state index is 5.66. The Morgan fingerprint density at radius 2 is 1.48 bits per heavy atom. The molecule has 2 aromatic carbocycles. The van der Waals surface area contributed by atoms with Crippen molar-refractivity contribution >= 4 is 11.3 Å². The molecule has 21 heavy (non-hydrogen) atoms. The summed E-state index contributed by atoms with van der Waals surface area (Å²) in [6.45, 7) is 1.04. The number of para-hydroxylation sites is 1. The zero-order valence-corrected chi connectivity index (χ0v) is 12.3. The molecule has 106 valence electrons.